The van der Waals surface area contributed by atoms with E-state index in [4.69, 9.17) is 9.47 Å². The largest absolute Gasteiger partial charge is 0.474 e. The zero-order valence-corrected chi connectivity index (χ0v) is 22.4. The van der Waals surface area contributed by atoms with Gasteiger partial charge >= 0.3 is 6.09 Å². The van der Waals surface area contributed by atoms with Gasteiger partial charge in [-0.2, -0.15) is 5.26 Å². The fourth-order valence-corrected chi connectivity index (χ4v) is 4.03. The Morgan fingerprint density at radius 3 is 2.49 bits per heavy atom. The van der Waals surface area contributed by atoms with Gasteiger partial charge in [0.25, 0.3) is 0 Å². The minimum atomic E-state index is -0.813. The van der Waals surface area contributed by atoms with Gasteiger partial charge in [-0.15, -0.1) is 0 Å². The van der Waals surface area contributed by atoms with Crippen molar-refractivity contribution in [2.45, 2.75) is 66.0 Å². The zero-order valence-electron chi connectivity index (χ0n) is 22.4. The Hall–Kier alpha value is -3.80. The van der Waals surface area contributed by atoms with Crippen LogP contribution in [0.2, 0.25) is 0 Å². The first-order valence-corrected chi connectivity index (χ1v) is 11.9. The highest BCUT2D eigenvalue weighted by atomic mass is 19.1. The summed E-state index contributed by atoms with van der Waals surface area (Å²) in [6, 6.07) is 5.40. The average Bonchev–Trinajstić information content (AvgIpc) is 2.77. The van der Waals surface area contributed by atoms with Crippen LogP contribution in [-0.2, 0) is 4.74 Å². The van der Waals surface area contributed by atoms with E-state index in [0.29, 0.717) is 17.6 Å². The van der Waals surface area contributed by atoms with E-state index in [9.17, 15) is 18.8 Å². The molecule has 0 bridgehead atoms. The number of carbonyl (C=O) groups is 1. The predicted octanol–water partition coefficient (Wildman–Crippen LogP) is 6.72. The quantitative estimate of drug-likeness (QED) is 0.376. The van der Waals surface area contributed by atoms with E-state index >= 15 is 0 Å². The Balaban J connectivity index is 2.37. The van der Waals surface area contributed by atoms with E-state index in [-0.39, 0.29) is 35.2 Å². The Morgan fingerprint density at radius 1 is 1.27 bits per heavy atom. The molecule has 0 fully saturated rings. The number of amides is 1. The van der Waals surface area contributed by atoms with Gasteiger partial charge in [0.15, 0.2) is 0 Å². The van der Waals surface area contributed by atoms with Crippen molar-refractivity contribution in [1.29, 1.82) is 5.26 Å². The lowest BCUT2D eigenvalue weighted by atomic mass is 9.91. The molecule has 0 aliphatic carbocycles. The van der Waals surface area contributed by atoms with Gasteiger partial charge in [0.1, 0.15) is 35.5 Å². The van der Waals surface area contributed by atoms with Crippen LogP contribution in [0, 0.1) is 28.9 Å². The molecule has 9 heteroatoms. The highest BCUT2D eigenvalue weighted by Crippen LogP contribution is 2.35. The number of aromatic nitrogens is 1. The first-order valence-electron chi connectivity index (χ1n) is 11.9. The number of aliphatic imine (C=N–C) groups is 1. The van der Waals surface area contributed by atoms with Crippen LogP contribution in [0.1, 0.15) is 71.6 Å². The fraction of sp³-hybridized carbons (Fsp3) is 0.429. The Morgan fingerprint density at radius 2 is 1.95 bits per heavy atom. The normalized spacial score (nSPS) is 13.5. The Kier molecular flexibility index (Phi) is 9.51. The van der Waals surface area contributed by atoms with Gasteiger partial charge in [0.05, 0.1) is 11.2 Å². The number of alkyl carbamates (subject to hydrolysis) is 1. The number of nitriles is 1. The lowest BCUT2D eigenvalue weighted by Gasteiger charge is -2.33. The molecule has 198 valence electrons. The molecule has 0 aliphatic rings. The number of ether oxygens (including phenoxy) is 2. The molecule has 2 rings (SSSR count). The van der Waals surface area contributed by atoms with Crippen molar-refractivity contribution in [3.8, 4) is 11.9 Å². The number of carbonyl (C=O) groups excluding carboxylic acids is 1. The Bertz CT molecular complexity index is 1230. The number of pyridine rings is 1. The topological polar surface area (TPSA) is 96.6 Å². The minimum Gasteiger partial charge on any atom is -0.474 e. The van der Waals surface area contributed by atoms with Crippen LogP contribution in [0.5, 0.6) is 5.88 Å². The highest BCUT2D eigenvalue weighted by Gasteiger charge is 2.31. The number of benzene rings is 1. The van der Waals surface area contributed by atoms with Crippen LogP contribution in [0.25, 0.3) is 5.57 Å². The van der Waals surface area contributed by atoms with E-state index in [0.717, 1.165) is 12.1 Å². The summed E-state index contributed by atoms with van der Waals surface area (Å²) < 4.78 is 39.7. The smallest absolute Gasteiger partial charge is 0.408 e. The SMILES string of the molecule is C=Nc1cc(F)cc(F)c1/C(=C\C)c1cnc(OC[C@](C)(CC(C)C)NC(=O)OC(C)(C)C)c(C#N)c1. The molecule has 1 aromatic heterocycles. The first-order chi connectivity index (χ1) is 17.2. The van der Waals surface area contributed by atoms with Crippen LogP contribution < -0.4 is 10.1 Å². The van der Waals surface area contributed by atoms with Crippen molar-refractivity contribution in [3.63, 3.8) is 0 Å². The van der Waals surface area contributed by atoms with Gasteiger partial charge in [0, 0.05) is 29.5 Å². The number of nitrogens with one attached hydrogen (secondary N) is 1. The summed E-state index contributed by atoms with van der Waals surface area (Å²) in [5.74, 6) is -1.30. The van der Waals surface area contributed by atoms with Gasteiger partial charge in [-0.25, -0.2) is 18.6 Å². The van der Waals surface area contributed by atoms with Crippen molar-refractivity contribution in [1.82, 2.24) is 10.3 Å². The number of allylic oxidation sites excluding steroid dienone is 1. The lowest BCUT2D eigenvalue weighted by Crippen LogP contribution is -2.52. The molecule has 0 radical (unpaired) electrons. The van der Waals surface area contributed by atoms with E-state index < -0.39 is 28.9 Å². The molecule has 1 amide bonds. The molecular weight excluding hydrogens is 478 g/mol. The zero-order chi connectivity index (χ0) is 28.0. The molecule has 0 unspecified atom stereocenters. The average molecular weight is 513 g/mol. The summed E-state index contributed by atoms with van der Waals surface area (Å²) in [6.07, 6.45) is 3.06. The molecule has 0 spiro atoms. The standard InChI is InChI=1S/C28H34F2N4O3/c1-9-21(24-22(30)11-20(29)12-23(24)32-8)19-10-18(14-31)25(33-15-19)36-16-28(7,13-17(2)3)34-26(35)37-27(4,5)6/h9-12,15,17H,8,13,16H2,1-7H3,(H,34,35)/b21-9-/t28-/m0/s1. The predicted molar refractivity (Wildman–Crippen MR) is 140 cm³/mol. The summed E-state index contributed by atoms with van der Waals surface area (Å²) >= 11 is 0. The molecule has 1 atom stereocenters. The molecule has 37 heavy (non-hydrogen) atoms. The molecule has 1 heterocycles. The summed E-state index contributed by atoms with van der Waals surface area (Å²) in [5.41, 5.74) is -0.502. The maximum Gasteiger partial charge on any atom is 0.408 e. The van der Waals surface area contributed by atoms with E-state index in [2.05, 4.69) is 28.1 Å². The summed E-state index contributed by atoms with van der Waals surface area (Å²) in [5, 5.41) is 12.7. The first kappa shape index (κ1) is 29.4. The van der Waals surface area contributed by atoms with Gasteiger partial charge in [-0.3, -0.25) is 4.99 Å². The Labute approximate surface area is 217 Å². The number of rotatable bonds is 9. The van der Waals surface area contributed by atoms with Crippen LogP contribution in [0.4, 0.5) is 19.3 Å². The second kappa shape index (κ2) is 12.0. The van der Waals surface area contributed by atoms with Crippen molar-refractivity contribution in [2.24, 2.45) is 10.9 Å². The van der Waals surface area contributed by atoms with Gasteiger partial charge in [-0.05, 0) is 65.3 Å². The molecule has 7 nitrogen and oxygen atoms in total. The lowest BCUT2D eigenvalue weighted by molar-refractivity contribution is 0.0405. The second-order valence-electron chi connectivity index (χ2n) is 10.4. The van der Waals surface area contributed by atoms with Gasteiger partial charge in [-0.1, -0.05) is 19.9 Å². The molecular formula is C28H34F2N4O3. The molecule has 0 saturated heterocycles. The van der Waals surface area contributed by atoms with Gasteiger partial charge < -0.3 is 14.8 Å². The van der Waals surface area contributed by atoms with Crippen molar-refractivity contribution >= 4 is 24.1 Å². The number of hydrogen-bond donors (Lipinski definition) is 1. The molecule has 2 aromatic rings. The maximum absolute atomic E-state index is 14.7. The van der Waals surface area contributed by atoms with E-state index in [1.807, 2.05) is 20.8 Å². The van der Waals surface area contributed by atoms with Crippen LogP contribution >= 0.6 is 0 Å². The second-order valence-corrected chi connectivity index (χ2v) is 10.4. The third-order valence-electron chi connectivity index (χ3n) is 5.23. The maximum atomic E-state index is 14.7. The van der Waals surface area contributed by atoms with E-state index in [1.54, 1.807) is 33.8 Å². The third-order valence-corrected chi connectivity index (χ3v) is 5.23. The third kappa shape index (κ3) is 8.10. The van der Waals surface area contributed by atoms with Crippen molar-refractivity contribution in [2.75, 3.05) is 6.61 Å². The number of hydrogen-bond acceptors (Lipinski definition) is 6. The minimum absolute atomic E-state index is 0.0268. The molecule has 0 aliphatic heterocycles. The van der Waals surface area contributed by atoms with E-state index in [1.165, 1.54) is 12.3 Å². The monoisotopic (exact) mass is 512 g/mol. The van der Waals surface area contributed by atoms with Crippen LogP contribution in [-0.4, -0.2) is 35.5 Å². The van der Waals surface area contributed by atoms with Crippen LogP contribution in [0.3, 0.4) is 0 Å². The molecule has 1 aromatic carbocycles. The number of halogens is 2. The van der Waals surface area contributed by atoms with Crippen LogP contribution in [0.15, 0.2) is 35.5 Å². The van der Waals surface area contributed by atoms with Crippen molar-refractivity contribution in [3.05, 3.63) is 58.8 Å². The van der Waals surface area contributed by atoms with Gasteiger partial charge in [0.2, 0.25) is 5.88 Å². The summed E-state index contributed by atoms with van der Waals surface area (Å²) in [6.45, 7) is 16.3. The number of nitrogens with zero attached hydrogens (tertiary/aromatic N) is 3. The summed E-state index contributed by atoms with van der Waals surface area (Å²) in [4.78, 5) is 20.5. The molecule has 0 saturated carbocycles. The summed E-state index contributed by atoms with van der Waals surface area (Å²) in [7, 11) is 0. The van der Waals surface area contributed by atoms with Crippen molar-refractivity contribution < 1.29 is 23.0 Å². The highest BCUT2D eigenvalue weighted by molar-refractivity contribution is 5.86. The fourth-order valence-electron chi connectivity index (χ4n) is 4.03. The molecule has 1 N–H and O–H groups in total.